The largest absolute Gasteiger partial charge is 0.476 e. The summed E-state index contributed by atoms with van der Waals surface area (Å²) in [4.78, 5) is 14.8. The number of carboxylic acids is 1. The van der Waals surface area contributed by atoms with Gasteiger partial charge < -0.3 is 10.4 Å². The normalized spacial score (nSPS) is 22.9. The minimum atomic E-state index is -0.941. The van der Waals surface area contributed by atoms with Gasteiger partial charge >= 0.3 is 5.97 Å². The molecule has 1 heterocycles. The average Bonchev–Trinajstić information content (AvgIpc) is 2.76. The Balaban J connectivity index is 1.92. The summed E-state index contributed by atoms with van der Waals surface area (Å²) in [5.41, 5.74) is 1.16. The molecular formula is C13H20N2O2S. The lowest BCUT2D eigenvalue weighted by Crippen LogP contribution is -2.43. The van der Waals surface area contributed by atoms with E-state index in [1.54, 1.807) is 0 Å². The summed E-state index contributed by atoms with van der Waals surface area (Å²) in [6.45, 7) is 5.26. The maximum absolute atomic E-state index is 10.8. The smallest absolute Gasteiger partial charge is 0.365 e. The van der Waals surface area contributed by atoms with E-state index in [2.05, 4.69) is 24.1 Å². The van der Waals surface area contributed by atoms with Gasteiger partial charge in [-0.05, 0) is 18.3 Å². The minimum Gasteiger partial charge on any atom is -0.476 e. The molecule has 1 atom stereocenters. The first-order chi connectivity index (χ1) is 8.49. The van der Waals surface area contributed by atoms with Crippen LogP contribution in [0.25, 0.3) is 0 Å². The third kappa shape index (κ3) is 3.09. The molecule has 5 heteroatoms. The Morgan fingerprint density at radius 1 is 1.61 bits per heavy atom. The highest BCUT2D eigenvalue weighted by Gasteiger charge is 2.31. The Labute approximate surface area is 111 Å². The van der Waals surface area contributed by atoms with Crippen molar-refractivity contribution in [3.05, 3.63) is 16.1 Å². The van der Waals surface area contributed by atoms with E-state index in [1.807, 2.05) is 5.38 Å². The van der Waals surface area contributed by atoms with Crippen LogP contribution in [0.5, 0.6) is 0 Å². The molecule has 0 saturated heterocycles. The predicted molar refractivity (Wildman–Crippen MR) is 72.0 cm³/mol. The van der Waals surface area contributed by atoms with E-state index in [0.29, 0.717) is 18.0 Å². The second-order valence-electron chi connectivity index (χ2n) is 5.62. The van der Waals surface area contributed by atoms with E-state index in [4.69, 9.17) is 5.11 Å². The molecule has 1 aromatic rings. The lowest BCUT2D eigenvalue weighted by Gasteiger charge is -2.39. The van der Waals surface area contributed by atoms with Crippen LogP contribution in [0.4, 0.5) is 0 Å². The van der Waals surface area contributed by atoms with Crippen LogP contribution >= 0.6 is 11.3 Å². The van der Waals surface area contributed by atoms with Gasteiger partial charge in [-0.25, -0.2) is 9.78 Å². The lowest BCUT2D eigenvalue weighted by atomic mass is 9.73. The number of aromatic nitrogens is 1. The Morgan fingerprint density at radius 3 is 3.00 bits per heavy atom. The molecule has 0 spiro atoms. The molecule has 4 nitrogen and oxygen atoms in total. The zero-order chi connectivity index (χ0) is 13.2. The molecule has 1 unspecified atom stereocenters. The Hall–Kier alpha value is -0.940. The van der Waals surface area contributed by atoms with Gasteiger partial charge in [-0.1, -0.05) is 26.7 Å². The van der Waals surface area contributed by atoms with Crippen LogP contribution in [0, 0.1) is 5.41 Å². The molecule has 1 aromatic heterocycles. The fraction of sp³-hybridized carbons (Fsp3) is 0.692. The molecule has 1 aliphatic carbocycles. The van der Waals surface area contributed by atoms with Crippen molar-refractivity contribution in [2.45, 2.75) is 52.1 Å². The Morgan fingerprint density at radius 2 is 2.39 bits per heavy atom. The van der Waals surface area contributed by atoms with E-state index in [9.17, 15) is 4.79 Å². The summed E-state index contributed by atoms with van der Waals surface area (Å²) < 4.78 is 0. The van der Waals surface area contributed by atoms with Crippen molar-refractivity contribution in [3.8, 4) is 0 Å². The standard InChI is InChI=1S/C13H20N2O2S/c1-13(2)6-4-3-5-10(13)14-7-9-8-18-11(15-9)12(16)17/h8,10,14H,3-7H2,1-2H3,(H,16,17). The second-order valence-corrected chi connectivity index (χ2v) is 6.48. The number of carbonyl (C=O) groups is 1. The van der Waals surface area contributed by atoms with Crippen molar-refractivity contribution in [1.82, 2.24) is 10.3 Å². The third-order valence-corrected chi connectivity index (χ3v) is 4.65. The Bertz CT molecular complexity index is 428. The van der Waals surface area contributed by atoms with Crippen LogP contribution in [0.3, 0.4) is 0 Å². The van der Waals surface area contributed by atoms with Gasteiger partial charge in [0.2, 0.25) is 5.01 Å². The summed E-state index contributed by atoms with van der Waals surface area (Å²) in [6, 6.07) is 0.501. The fourth-order valence-electron chi connectivity index (χ4n) is 2.59. The van der Waals surface area contributed by atoms with E-state index < -0.39 is 5.97 Å². The summed E-state index contributed by atoms with van der Waals surface area (Å²) in [7, 11) is 0. The van der Waals surface area contributed by atoms with Crippen LogP contribution in [-0.2, 0) is 6.54 Å². The SMILES string of the molecule is CC1(C)CCCCC1NCc1csc(C(=O)O)n1. The molecule has 0 amide bonds. The van der Waals surface area contributed by atoms with Crippen molar-refractivity contribution in [3.63, 3.8) is 0 Å². The van der Waals surface area contributed by atoms with Crippen molar-refractivity contribution >= 4 is 17.3 Å². The molecule has 1 fully saturated rings. The molecule has 2 rings (SSSR count). The second kappa shape index (κ2) is 5.36. The number of rotatable bonds is 4. The van der Waals surface area contributed by atoms with Crippen LogP contribution in [0.15, 0.2) is 5.38 Å². The van der Waals surface area contributed by atoms with Crippen LogP contribution in [0.2, 0.25) is 0 Å². The highest BCUT2D eigenvalue weighted by atomic mass is 32.1. The molecular weight excluding hydrogens is 248 g/mol. The minimum absolute atomic E-state index is 0.176. The van der Waals surface area contributed by atoms with Gasteiger partial charge in [0.15, 0.2) is 0 Å². The van der Waals surface area contributed by atoms with Gasteiger partial charge in [0.05, 0.1) is 5.69 Å². The highest BCUT2D eigenvalue weighted by Crippen LogP contribution is 2.35. The van der Waals surface area contributed by atoms with Crippen molar-refractivity contribution in [2.75, 3.05) is 0 Å². The van der Waals surface area contributed by atoms with E-state index in [0.717, 1.165) is 5.69 Å². The number of carboxylic acid groups (broad SMARTS) is 1. The highest BCUT2D eigenvalue weighted by molar-refractivity contribution is 7.11. The van der Waals surface area contributed by atoms with Crippen molar-refractivity contribution in [1.29, 1.82) is 0 Å². The fourth-order valence-corrected chi connectivity index (χ4v) is 3.24. The van der Waals surface area contributed by atoms with E-state index >= 15 is 0 Å². The topological polar surface area (TPSA) is 62.2 Å². The van der Waals surface area contributed by atoms with Gasteiger partial charge in [-0.2, -0.15) is 0 Å². The molecule has 100 valence electrons. The first-order valence-corrected chi connectivity index (χ1v) is 7.28. The van der Waals surface area contributed by atoms with Gasteiger partial charge in [0, 0.05) is 18.0 Å². The Kier molecular flexibility index (Phi) is 4.02. The maximum Gasteiger partial charge on any atom is 0.365 e. The molecule has 2 N–H and O–H groups in total. The van der Waals surface area contributed by atoms with Gasteiger partial charge in [-0.3, -0.25) is 0 Å². The molecule has 0 radical (unpaired) electrons. The van der Waals surface area contributed by atoms with Crippen LogP contribution in [0.1, 0.15) is 55.0 Å². The monoisotopic (exact) mass is 268 g/mol. The van der Waals surface area contributed by atoms with Gasteiger partial charge in [0.25, 0.3) is 0 Å². The van der Waals surface area contributed by atoms with E-state index in [1.165, 1.54) is 37.0 Å². The van der Waals surface area contributed by atoms with Gasteiger partial charge in [0.1, 0.15) is 0 Å². The molecule has 1 saturated carbocycles. The first kappa shape index (κ1) is 13.5. The van der Waals surface area contributed by atoms with E-state index in [-0.39, 0.29) is 5.01 Å². The molecule has 18 heavy (non-hydrogen) atoms. The van der Waals surface area contributed by atoms with Crippen molar-refractivity contribution < 1.29 is 9.90 Å². The number of nitrogens with one attached hydrogen (secondary N) is 1. The van der Waals surface area contributed by atoms with Crippen molar-refractivity contribution in [2.24, 2.45) is 5.41 Å². The van der Waals surface area contributed by atoms with Gasteiger partial charge in [-0.15, -0.1) is 11.3 Å². The van der Waals surface area contributed by atoms with Crippen LogP contribution < -0.4 is 5.32 Å². The zero-order valence-corrected chi connectivity index (χ0v) is 11.7. The number of hydrogen-bond acceptors (Lipinski definition) is 4. The molecule has 1 aliphatic rings. The molecule has 0 bridgehead atoms. The summed E-state index contributed by atoms with van der Waals surface area (Å²) in [5, 5.41) is 14.4. The number of hydrogen-bond donors (Lipinski definition) is 2. The number of nitrogens with zero attached hydrogens (tertiary/aromatic N) is 1. The molecule has 0 aromatic carbocycles. The summed E-state index contributed by atoms with van der Waals surface area (Å²) in [6.07, 6.45) is 5.04. The summed E-state index contributed by atoms with van der Waals surface area (Å²) >= 11 is 1.19. The lowest BCUT2D eigenvalue weighted by molar-refractivity contribution is 0.0696. The first-order valence-electron chi connectivity index (χ1n) is 6.40. The predicted octanol–water partition coefficient (Wildman–Crippen LogP) is 2.90. The number of thiazole rings is 1. The summed E-state index contributed by atoms with van der Waals surface area (Å²) in [5.74, 6) is -0.941. The third-order valence-electron chi connectivity index (χ3n) is 3.77. The quantitative estimate of drug-likeness (QED) is 0.881. The zero-order valence-electron chi connectivity index (χ0n) is 10.9. The maximum atomic E-state index is 10.8. The average molecular weight is 268 g/mol. The van der Waals surface area contributed by atoms with Crippen LogP contribution in [-0.4, -0.2) is 22.1 Å². The number of aromatic carboxylic acids is 1. The molecule has 0 aliphatic heterocycles.